The Kier molecular flexibility index (Phi) is 2.96. The van der Waals surface area contributed by atoms with Crippen molar-refractivity contribution < 1.29 is 14.7 Å². The molecule has 1 atom stereocenters. The van der Waals surface area contributed by atoms with Crippen LogP contribution in [0.3, 0.4) is 0 Å². The lowest BCUT2D eigenvalue weighted by molar-refractivity contribution is -0.141. The summed E-state index contributed by atoms with van der Waals surface area (Å²) in [6.07, 6.45) is 0.0887. The SMILES string of the molecule is O=C(O)[C@@H]1CC(=O)N(c2ccc(Br)cc2)C1. The van der Waals surface area contributed by atoms with E-state index in [0.29, 0.717) is 0 Å². The second-order valence-electron chi connectivity index (χ2n) is 3.72. The van der Waals surface area contributed by atoms with Gasteiger partial charge in [0.2, 0.25) is 5.91 Å². The number of aliphatic carboxylic acids is 1. The van der Waals surface area contributed by atoms with Gasteiger partial charge >= 0.3 is 5.97 Å². The van der Waals surface area contributed by atoms with Crippen molar-refractivity contribution in [2.75, 3.05) is 11.4 Å². The van der Waals surface area contributed by atoms with Crippen LogP contribution in [-0.2, 0) is 9.59 Å². The molecule has 0 radical (unpaired) electrons. The first-order valence-corrected chi connectivity index (χ1v) is 5.66. The van der Waals surface area contributed by atoms with Gasteiger partial charge in [0.1, 0.15) is 0 Å². The lowest BCUT2D eigenvalue weighted by atomic mass is 10.1. The van der Waals surface area contributed by atoms with Crippen LogP contribution in [0.25, 0.3) is 0 Å². The predicted molar refractivity (Wildman–Crippen MR) is 62.2 cm³/mol. The molecule has 4 nitrogen and oxygen atoms in total. The van der Waals surface area contributed by atoms with Crippen molar-refractivity contribution in [1.29, 1.82) is 0 Å². The second kappa shape index (κ2) is 4.25. The highest BCUT2D eigenvalue weighted by Crippen LogP contribution is 2.26. The van der Waals surface area contributed by atoms with E-state index >= 15 is 0 Å². The van der Waals surface area contributed by atoms with Crippen LogP contribution < -0.4 is 4.90 Å². The highest BCUT2D eigenvalue weighted by Gasteiger charge is 2.34. The predicted octanol–water partition coefficient (Wildman–Crippen LogP) is 1.89. The number of hydrogen-bond acceptors (Lipinski definition) is 2. The summed E-state index contributed by atoms with van der Waals surface area (Å²) >= 11 is 3.31. The van der Waals surface area contributed by atoms with Crippen LogP contribution in [0, 0.1) is 5.92 Å². The number of carbonyl (C=O) groups excluding carboxylic acids is 1. The Morgan fingerprint density at radius 1 is 1.38 bits per heavy atom. The summed E-state index contributed by atoms with van der Waals surface area (Å²) in [4.78, 5) is 23.9. The summed E-state index contributed by atoms with van der Waals surface area (Å²) in [6.45, 7) is 0.260. The maximum Gasteiger partial charge on any atom is 0.308 e. The summed E-state index contributed by atoms with van der Waals surface area (Å²) < 4.78 is 0.928. The molecule has 0 spiro atoms. The van der Waals surface area contributed by atoms with Crippen LogP contribution in [-0.4, -0.2) is 23.5 Å². The maximum absolute atomic E-state index is 11.6. The van der Waals surface area contributed by atoms with E-state index in [0.717, 1.165) is 10.2 Å². The summed E-state index contributed by atoms with van der Waals surface area (Å²) in [5.74, 6) is -1.63. The number of benzene rings is 1. The zero-order chi connectivity index (χ0) is 11.7. The Morgan fingerprint density at radius 2 is 2.00 bits per heavy atom. The molecular weight excluding hydrogens is 274 g/mol. The fourth-order valence-corrected chi connectivity index (χ4v) is 2.01. The van der Waals surface area contributed by atoms with Crippen molar-refractivity contribution in [3.05, 3.63) is 28.7 Å². The standard InChI is InChI=1S/C11H10BrNO3/c12-8-1-3-9(4-2-8)13-6-7(11(15)16)5-10(13)14/h1-4,7H,5-6H2,(H,15,16)/t7-/m1/s1. The van der Waals surface area contributed by atoms with E-state index in [9.17, 15) is 9.59 Å². The first kappa shape index (κ1) is 11.1. The number of amides is 1. The van der Waals surface area contributed by atoms with Crippen molar-refractivity contribution in [2.24, 2.45) is 5.92 Å². The van der Waals surface area contributed by atoms with Crippen molar-refractivity contribution >= 4 is 33.5 Å². The minimum atomic E-state index is -0.909. The fourth-order valence-electron chi connectivity index (χ4n) is 1.74. The first-order valence-electron chi connectivity index (χ1n) is 4.86. The third-order valence-corrected chi connectivity index (χ3v) is 3.14. The number of carbonyl (C=O) groups is 2. The number of halogens is 1. The van der Waals surface area contributed by atoms with Gasteiger partial charge in [-0.2, -0.15) is 0 Å². The molecule has 5 heteroatoms. The quantitative estimate of drug-likeness (QED) is 0.902. The molecule has 0 aromatic heterocycles. The molecule has 16 heavy (non-hydrogen) atoms. The highest BCUT2D eigenvalue weighted by atomic mass is 79.9. The zero-order valence-electron chi connectivity index (χ0n) is 8.39. The molecule has 1 amide bonds. The molecular formula is C11H10BrNO3. The van der Waals surface area contributed by atoms with Crippen LogP contribution in [0.15, 0.2) is 28.7 Å². The third kappa shape index (κ3) is 2.09. The summed E-state index contributed by atoms with van der Waals surface area (Å²) in [5.41, 5.74) is 0.747. The minimum Gasteiger partial charge on any atom is -0.481 e. The van der Waals surface area contributed by atoms with E-state index in [1.54, 1.807) is 12.1 Å². The van der Waals surface area contributed by atoms with Crippen LogP contribution >= 0.6 is 15.9 Å². The van der Waals surface area contributed by atoms with Gasteiger partial charge in [0.05, 0.1) is 5.92 Å². The molecule has 2 rings (SSSR count). The zero-order valence-corrected chi connectivity index (χ0v) is 9.98. The minimum absolute atomic E-state index is 0.0887. The first-order chi connectivity index (χ1) is 7.58. The fraction of sp³-hybridized carbons (Fsp3) is 0.273. The van der Waals surface area contributed by atoms with E-state index in [1.165, 1.54) is 4.90 Å². The molecule has 0 unspecified atom stereocenters. The molecule has 1 fully saturated rings. The van der Waals surface area contributed by atoms with Gasteiger partial charge in [0, 0.05) is 23.1 Å². The van der Waals surface area contributed by atoms with Gasteiger partial charge in [-0.25, -0.2) is 0 Å². The average molecular weight is 284 g/mol. The molecule has 0 aliphatic carbocycles. The van der Waals surface area contributed by atoms with Gasteiger partial charge < -0.3 is 10.0 Å². The summed E-state index contributed by atoms with van der Waals surface area (Å²) in [5, 5.41) is 8.85. The van der Waals surface area contributed by atoms with Gasteiger partial charge in [-0.05, 0) is 24.3 Å². The van der Waals surface area contributed by atoms with Gasteiger partial charge in [0.15, 0.2) is 0 Å². The lowest BCUT2D eigenvalue weighted by Gasteiger charge is -2.15. The number of anilines is 1. The average Bonchev–Trinajstić information content (AvgIpc) is 2.62. The second-order valence-corrected chi connectivity index (χ2v) is 4.64. The number of rotatable bonds is 2. The third-order valence-electron chi connectivity index (χ3n) is 2.61. The van der Waals surface area contributed by atoms with Crippen LogP contribution in [0.2, 0.25) is 0 Å². The van der Waals surface area contributed by atoms with Crippen molar-refractivity contribution in [3.63, 3.8) is 0 Å². The van der Waals surface area contributed by atoms with E-state index in [-0.39, 0.29) is 18.9 Å². The normalized spacial score (nSPS) is 20.2. The van der Waals surface area contributed by atoms with E-state index in [2.05, 4.69) is 15.9 Å². The molecule has 1 saturated heterocycles. The molecule has 84 valence electrons. The van der Waals surface area contributed by atoms with Crippen molar-refractivity contribution in [1.82, 2.24) is 0 Å². The Balaban J connectivity index is 2.20. The Morgan fingerprint density at radius 3 is 2.50 bits per heavy atom. The molecule has 1 aliphatic rings. The van der Waals surface area contributed by atoms with Crippen molar-refractivity contribution in [2.45, 2.75) is 6.42 Å². The van der Waals surface area contributed by atoms with E-state index in [4.69, 9.17) is 5.11 Å². The largest absolute Gasteiger partial charge is 0.481 e. The number of carboxylic acids is 1. The van der Waals surface area contributed by atoms with Gasteiger partial charge in [-0.1, -0.05) is 15.9 Å². The molecule has 1 aliphatic heterocycles. The highest BCUT2D eigenvalue weighted by molar-refractivity contribution is 9.10. The number of carboxylic acid groups (broad SMARTS) is 1. The van der Waals surface area contributed by atoms with E-state index in [1.807, 2.05) is 12.1 Å². The van der Waals surface area contributed by atoms with Gasteiger partial charge in [-0.15, -0.1) is 0 Å². The maximum atomic E-state index is 11.6. The molecule has 1 heterocycles. The summed E-state index contributed by atoms with van der Waals surface area (Å²) in [6, 6.07) is 7.26. The van der Waals surface area contributed by atoms with Gasteiger partial charge in [-0.3, -0.25) is 9.59 Å². The number of hydrogen-bond donors (Lipinski definition) is 1. The molecule has 1 aromatic rings. The molecule has 0 bridgehead atoms. The smallest absolute Gasteiger partial charge is 0.308 e. The Hall–Kier alpha value is -1.36. The number of nitrogens with zero attached hydrogens (tertiary/aromatic N) is 1. The van der Waals surface area contributed by atoms with Gasteiger partial charge in [0.25, 0.3) is 0 Å². The van der Waals surface area contributed by atoms with E-state index < -0.39 is 11.9 Å². The molecule has 1 N–H and O–H groups in total. The lowest BCUT2D eigenvalue weighted by Crippen LogP contribution is -2.25. The summed E-state index contributed by atoms with van der Waals surface area (Å²) in [7, 11) is 0. The van der Waals surface area contributed by atoms with Crippen molar-refractivity contribution in [3.8, 4) is 0 Å². The van der Waals surface area contributed by atoms with Crippen LogP contribution in [0.5, 0.6) is 0 Å². The molecule has 1 aromatic carbocycles. The van der Waals surface area contributed by atoms with Crippen LogP contribution in [0.1, 0.15) is 6.42 Å². The van der Waals surface area contributed by atoms with Crippen LogP contribution in [0.4, 0.5) is 5.69 Å². The topological polar surface area (TPSA) is 57.6 Å². The monoisotopic (exact) mass is 283 g/mol. The molecule has 0 saturated carbocycles. The Labute approximate surface area is 101 Å². The Bertz CT molecular complexity index is 429.